The normalized spacial score (nSPS) is 14.3. The van der Waals surface area contributed by atoms with Crippen LogP contribution in [0.5, 0.6) is 0 Å². The summed E-state index contributed by atoms with van der Waals surface area (Å²) in [5, 5.41) is 8.94. The molecule has 1 amide bonds. The first-order valence-corrected chi connectivity index (χ1v) is 6.48. The number of carboxylic acids is 1. The minimum absolute atomic E-state index is 0.00641. The lowest BCUT2D eigenvalue weighted by atomic mass is 10.3. The van der Waals surface area contributed by atoms with E-state index < -0.39 is 5.97 Å². The molecule has 1 saturated heterocycles. The minimum atomic E-state index is -1.12. The number of amides is 1. The smallest absolute Gasteiger partial charge is 0.354 e. The molecule has 1 aromatic heterocycles. The predicted octanol–water partition coefficient (Wildman–Crippen LogP) is 0.421. The number of likely N-dealkylation sites (N-methyl/N-ethyl adjacent to an activating group) is 1. The van der Waals surface area contributed by atoms with E-state index in [9.17, 15) is 9.59 Å². The fourth-order valence-electron chi connectivity index (χ4n) is 2.23. The largest absolute Gasteiger partial charge is 0.477 e. The Morgan fingerprint density at radius 3 is 2.65 bits per heavy atom. The maximum Gasteiger partial charge on any atom is 0.354 e. The monoisotopic (exact) mass is 278 g/mol. The summed E-state index contributed by atoms with van der Waals surface area (Å²) in [6, 6.07) is 2.83. The molecular weight excluding hydrogens is 260 g/mol. The molecule has 108 valence electrons. The number of rotatable bonds is 4. The van der Waals surface area contributed by atoms with E-state index in [1.807, 2.05) is 0 Å². The van der Waals surface area contributed by atoms with Crippen molar-refractivity contribution in [1.29, 1.82) is 0 Å². The second kappa shape index (κ2) is 5.77. The lowest BCUT2D eigenvalue weighted by Gasteiger charge is -2.23. The number of carboxylic acid groups (broad SMARTS) is 1. The molecule has 2 rings (SSSR count). The second-order valence-electron chi connectivity index (χ2n) is 4.86. The number of hydrogen-bond donors (Lipinski definition) is 2. The van der Waals surface area contributed by atoms with Gasteiger partial charge in [0.15, 0.2) is 11.5 Å². The highest BCUT2D eigenvalue weighted by Crippen LogP contribution is 2.20. The van der Waals surface area contributed by atoms with Gasteiger partial charge in [0.2, 0.25) is 5.91 Å². The van der Waals surface area contributed by atoms with Gasteiger partial charge in [-0.05, 0) is 25.0 Å². The fourth-order valence-corrected chi connectivity index (χ4v) is 2.23. The number of carbonyl (C=O) groups excluding carboxylic acids is 1. The lowest BCUT2D eigenvalue weighted by molar-refractivity contribution is -0.128. The van der Waals surface area contributed by atoms with Gasteiger partial charge < -0.3 is 20.6 Å². The van der Waals surface area contributed by atoms with E-state index in [1.165, 1.54) is 12.1 Å². The second-order valence-corrected chi connectivity index (χ2v) is 4.86. The number of pyridine rings is 1. The van der Waals surface area contributed by atoms with Crippen LogP contribution >= 0.6 is 0 Å². The maximum atomic E-state index is 12.1. The van der Waals surface area contributed by atoms with Crippen LogP contribution in [0.15, 0.2) is 12.1 Å². The van der Waals surface area contributed by atoms with Crippen LogP contribution in [-0.2, 0) is 4.79 Å². The SMILES string of the molecule is CN(CC(=O)N1CCCC1)c1nc(C(=O)O)ccc1N. The van der Waals surface area contributed by atoms with Crippen LogP contribution in [0.1, 0.15) is 23.3 Å². The van der Waals surface area contributed by atoms with Gasteiger partial charge in [-0.3, -0.25) is 4.79 Å². The van der Waals surface area contributed by atoms with Gasteiger partial charge in [0.05, 0.1) is 12.2 Å². The van der Waals surface area contributed by atoms with Crippen LogP contribution in [0, 0.1) is 0 Å². The number of nitrogens with two attached hydrogens (primary N) is 1. The molecule has 2 heterocycles. The number of carbonyl (C=O) groups is 2. The number of anilines is 2. The van der Waals surface area contributed by atoms with E-state index in [0.29, 0.717) is 11.5 Å². The van der Waals surface area contributed by atoms with Crippen molar-refractivity contribution in [2.45, 2.75) is 12.8 Å². The first-order chi connectivity index (χ1) is 9.49. The summed E-state index contributed by atoms with van der Waals surface area (Å²) in [5.74, 6) is -0.796. The molecule has 1 fully saturated rings. The van der Waals surface area contributed by atoms with Gasteiger partial charge in [0.25, 0.3) is 0 Å². The number of nitrogens with zero attached hydrogens (tertiary/aromatic N) is 3. The van der Waals surface area contributed by atoms with Crippen LogP contribution < -0.4 is 10.6 Å². The topological polar surface area (TPSA) is 99.8 Å². The van der Waals surface area contributed by atoms with Gasteiger partial charge in [-0.25, -0.2) is 9.78 Å². The van der Waals surface area contributed by atoms with Gasteiger partial charge in [0.1, 0.15) is 0 Å². The highest BCUT2D eigenvalue weighted by atomic mass is 16.4. The quantitative estimate of drug-likeness (QED) is 0.828. The van der Waals surface area contributed by atoms with Crippen molar-refractivity contribution in [3.63, 3.8) is 0 Å². The van der Waals surface area contributed by atoms with Crippen molar-refractivity contribution < 1.29 is 14.7 Å². The zero-order chi connectivity index (χ0) is 14.7. The Bertz CT molecular complexity index is 526. The molecule has 0 saturated carbocycles. The summed E-state index contributed by atoms with van der Waals surface area (Å²) in [5.41, 5.74) is 6.06. The average Bonchev–Trinajstić information content (AvgIpc) is 2.92. The Labute approximate surface area is 117 Å². The number of aromatic carboxylic acids is 1. The molecule has 7 heteroatoms. The Hall–Kier alpha value is -2.31. The van der Waals surface area contributed by atoms with Crippen LogP contribution in [0.3, 0.4) is 0 Å². The molecule has 0 aliphatic carbocycles. The number of hydrogen-bond acceptors (Lipinski definition) is 5. The van der Waals surface area contributed by atoms with Crippen LogP contribution in [0.25, 0.3) is 0 Å². The molecule has 1 aliphatic rings. The number of aromatic nitrogens is 1. The molecule has 0 aromatic carbocycles. The zero-order valence-electron chi connectivity index (χ0n) is 11.4. The summed E-state index contributed by atoms with van der Waals surface area (Å²) < 4.78 is 0. The van der Waals surface area contributed by atoms with E-state index in [4.69, 9.17) is 10.8 Å². The molecule has 20 heavy (non-hydrogen) atoms. The fraction of sp³-hybridized carbons (Fsp3) is 0.462. The van der Waals surface area contributed by atoms with Crippen LogP contribution in [0.2, 0.25) is 0 Å². The third-order valence-electron chi connectivity index (χ3n) is 3.32. The Morgan fingerprint density at radius 2 is 2.05 bits per heavy atom. The molecule has 0 atom stereocenters. The van der Waals surface area contributed by atoms with E-state index >= 15 is 0 Å². The van der Waals surface area contributed by atoms with Gasteiger partial charge in [0, 0.05) is 20.1 Å². The summed E-state index contributed by atoms with van der Waals surface area (Å²) in [6.07, 6.45) is 2.06. The number of nitrogen functional groups attached to an aromatic ring is 1. The summed E-state index contributed by atoms with van der Waals surface area (Å²) in [4.78, 5) is 30.3. The van der Waals surface area contributed by atoms with Crippen molar-refractivity contribution in [3.05, 3.63) is 17.8 Å². The van der Waals surface area contributed by atoms with Crippen molar-refractivity contribution in [3.8, 4) is 0 Å². The summed E-state index contributed by atoms with van der Waals surface area (Å²) in [7, 11) is 1.68. The zero-order valence-corrected chi connectivity index (χ0v) is 11.4. The summed E-state index contributed by atoms with van der Waals surface area (Å²) >= 11 is 0. The minimum Gasteiger partial charge on any atom is -0.477 e. The first kappa shape index (κ1) is 14.1. The van der Waals surface area contributed by atoms with Gasteiger partial charge in [-0.1, -0.05) is 0 Å². The predicted molar refractivity (Wildman–Crippen MR) is 74.7 cm³/mol. The van der Waals surface area contributed by atoms with Crippen LogP contribution in [-0.4, -0.2) is 53.5 Å². The third-order valence-corrected chi connectivity index (χ3v) is 3.32. The van der Waals surface area contributed by atoms with Crippen molar-refractivity contribution in [2.75, 3.05) is 37.3 Å². The molecule has 3 N–H and O–H groups in total. The maximum absolute atomic E-state index is 12.1. The highest BCUT2D eigenvalue weighted by molar-refractivity contribution is 5.87. The molecule has 1 aromatic rings. The molecule has 7 nitrogen and oxygen atoms in total. The lowest BCUT2D eigenvalue weighted by Crippen LogP contribution is -2.37. The third kappa shape index (κ3) is 2.98. The molecule has 0 unspecified atom stereocenters. The van der Waals surface area contributed by atoms with E-state index in [2.05, 4.69) is 4.98 Å². The van der Waals surface area contributed by atoms with Crippen molar-refractivity contribution >= 4 is 23.4 Å². The van der Waals surface area contributed by atoms with E-state index in [1.54, 1.807) is 16.8 Å². The Kier molecular flexibility index (Phi) is 4.07. The van der Waals surface area contributed by atoms with E-state index in [0.717, 1.165) is 25.9 Å². The Balaban J connectivity index is 2.11. The van der Waals surface area contributed by atoms with Crippen molar-refractivity contribution in [2.24, 2.45) is 0 Å². The molecule has 0 spiro atoms. The number of likely N-dealkylation sites (tertiary alicyclic amines) is 1. The first-order valence-electron chi connectivity index (χ1n) is 6.48. The molecular formula is C13H18N4O3. The standard InChI is InChI=1S/C13H18N4O3/c1-16(8-11(18)17-6-2-3-7-17)12-9(14)4-5-10(15-12)13(19)20/h4-5H,2-3,6-8,14H2,1H3,(H,19,20). The van der Waals surface area contributed by atoms with E-state index in [-0.39, 0.29) is 18.1 Å². The van der Waals surface area contributed by atoms with Gasteiger partial charge in [-0.15, -0.1) is 0 Å². The average molecular weight is 278 g/mol. The molecule has 1 aliphatic heterocycles. The summed E-state index contributed by atoms with van der Waals surface area (Å²) in [6.45, 7) is 1.70. The van der Waals surface area contributed by atoms with Gasteiger partial charge >= 0.3 is 5.97 Å². The van der Waals surface area contributed by atoms with Crippen molar-refractivity contribution in [1.82, 2.24) is 9.88 Å². The molecule has 0 bridgehead atoms. The highest BCUT2D eigenvalue weighted by Gasteiger charge is 2.21. The molecule has 0 radical (unpaired) electrons. The Morgan fingerprint density at radius 1 is 1.40 bits per heavy atom. The van der Waals surface area contributed by atoms with Gasteiger partial charge in [-0.2, -0.15) is 0 Å². The van der Waals surface area contributed by atoms with Crippen LogP contribution in [0.4, 0.5) is 11.5 Å².